The summed E-state index contributed by atoms with van der Waals surface area (Å²) in [7, 11) is 0. The monoisotopic (exact) mass is 341 g/mol. The molecule has 1 saturated heterocycles. The van der Waals surface area contributed by atoms with Crippen LogP contribution in [0, 0.1) is 5.92 Å². The lowest BCUT2D eigenvalue weighted by atomic mass is 9.49. The van der Waals surface area contributed by atoms with Crippen molar-refractivity contribution in [3.8, 4) is 11.5 Å². The minimum Gasteiger partial charge on any atom is -0.504 e. The van der Waals surface area contributed by atoms with Crippen LogP contribution in [0.25, 0.3) is 0 Å². The third kappa shape index (κ3) is 1.56. The van der Waals surface area contributed by atoms with Gasteiger partial charge in [0.2, 0.25) is 0 Å². The molecule has 1 aromatic carbocycles. The Morgan fingerprint density at radius 1 is 1.28 bits per heavy atom. The van der Waals surface area contributed by atoms with E-state index in [1.807, 2.05) is 6.07 Å². The number of Topliss-reactive ketones (excluding diaryl/α,β-unsaturated/α-hetero) is 1. The summed E-state index contributed by atoms with van der Waals surface area (Å²) in [5, 5.41) is 22.3. The lowest BCUT2D eigenvalue weighted by Gasteiger charge is -2.62. The van der Waals surface area contributed by atoms with Gasteiger partial charge in [0.1, 0.15) is 0 Å². The van der Waals surface area contributed by atoms with Crippen molar-refractivity contribution in [3.63, 3.8) is 0 Å². The number of likely N-dealkylation sites (tertiary alicyclic amines) is 1. The highest BCUT2D eigenvalue weighted by Crippen LogP contribution is 2.64. The number of benzene rings is 1. The van der Waals surface area contributed by atoms with Crippen LogP contribution in [0.3, 0.4) is 0 Å². The average molecular weight is 341 g/mol. The number of aliphatic hydroxyl groups is 1. The van der Waals surface area contributed by atoms with Gasteiger partial charge in [-0.05, 0) is 56.2 Å². The number of ketones is 1. The fourth-order valence-electron chi connectivity index (χ4n) is 6.26. The molecule has 2 unspecified atom stereocenters. The SMILES string of the molecule is O=C1CC[C@]2(O)[C@@H]3Cc4ccc(O)c5c4C2(CCN3CC2CC2)C1O5. The summed E-state index contributed by atoms with van der Waals surface area (Å²) in [5.74, 6) is 1.39. The minimum atomic E-state index is -0.940. The molecule has 2 bridgehead atoms. The van der Waals surface area contributed by atoms with Crippen LogP contribution in [0.4, 0.5) is 0 Å². The molecule has 132 valence electrons. The van der Waals surface area contributed by atoms with E-state index in [1.165, 1.54) is 12.8 Å². The first-order valence-electron chi connectivity index (χ1n) is 9.56. The third-order valence-electron chi connectivity index (χ3n) is 7.56. The standard InChI is InChI=1S/C20H23NO4/c22-13-4-3-12-9-15-20(24)6-5-14(23)18-19(20,16(12)17(13)25-18)7-8-21(15)10-11-1-2-11/h3-4,11,15,18,22,24H,1-2,5-10H2/t15-,18?,19?,20-/m0/s1. The van der Waals surface area contributed by atoms with Crippen molar-refractivity contribution < 1.29 is 19.7 Å². The maximum atomic E-state index is 12.7. The van der Waals surface area contributed by atoms with Gasteiger partial charge in [-0.15, -0.1) is 0 Å². The van der Waals surface area contributed by atoms with E-state index < -0.39 is 17.1 Å². The zero-order valence-electron chi connectivity index (χ0n) is 14.2. The molecule has 3 aliphatic carbocycles. The van der Waals surface area contributed by atoms with E-state index in [0.29, 0.717) is 18.6 Å². The average Bonchev–Trinajstić information content (AvgIpc) is 3.32. The van der Waals surface area contributed by atoms with E-state index in [4.69, 9.17) is 4.74 Å². The normalized spacial score (nSPS) is 41.4. The van der Waals surface area contributed by atoms with E-state index in [0.717, 1.165) is 43.0 Å². The van der Waals surface area contributed by atoms with Crippen molar-refractivity contribution >= 4 is 5.78 Å². The van der Waals surface area contributed by atoms with Crippen molar-refractivity contribution in [3.05, 3.63) is 23.3 Å². The topological polar surface area (TPSA) is 70.0 Å². The Morgan fingerprint density at radius 3 is 2.92 bits per heavy atom. The number of nitrogens with zero attached hydrogens (tertiary/aromatic N) is 1. The second kappa shape index (κ2) is 4.38. The van der Waals surface area contributed by atoms with E-state index >= 15 is 0 Å². The smallest absolute Gasteiger partial charge is 0.174 e. The molecule has 0 aromatic heterocycles. The van der Waals surface area contributed by atoms with Crippen LogP contribution < -0.4 is 4.74 Å². The molecule has 2 aliphatic heterocycles. The van der Waals surface area contributed by atoms with Crippen LogP contribution in [0.1, 0.15) is 43.2 Å². The van der Waals surface area contributed by atoms with Crippen LogP contribution in [0.2, 0.25) is 0 Å². The quantitative estimate of drug-likeness (QED) is 0.854. The maximum Gasteiger partial charge on any atom is 0.174 e. The van der Waals surface area contributed by atoms with Crippen molar-refractivity contribution in [2.45, 2.75) is 61.7 Å². The fraction of sp³-hybridized carbons (Fsp3) is 0.650. The Kier molecular flexibility index (Phi) is 2.55. The van der Waals surface area contributed by atoms with Crippen LogP contribution in [0.15, 0.2) is 12.1 Å². The lowest BCUT2D eigenvalue weighted by molar-refractivity contribution is -0.188. The third-order valence-corrected chi connectivity index (χ3v) is 7.56. The van der Waals surface area contributed by atoms with Crippen molar-refractivity contribution in [1.29, 1.82) is 0 Å². The lowest BCUT2D eigenvalue weighted by Crippen LogP contribution is -2.76. The Hall–Kier alpha value is -1.59. The molecule has 1 spiro atoms. The van der Waals surface area contributed by atoms with Crippen LogP contribution in [-0.4, -0.2) is 51.7 Å². The number of rotatable bonds is 2. The number of piperidine rings is 1. The van der Waals surface area contributed by atoms with Crippen LogP contribution >= 0.6 is 0 Å². The molecule has 5 nitrogen and oxygen atoms in total. The van der Waals surface area contributed by atoms with E-state index in [9.17, 15) is 15.0 Å². The van der Waals surface area contributed by atoms with Crippen molar-refractivity contribution in [1.82, 2.24) is 4.90 Å². The zero-order chi connectivity index (χ0) is 17.0. The van der Waals surface area contributed by atoms with Gasteiger partial charge >= 0.3 is 0 Å². The van der Waals surface area contributed by atoms with Crippen molar-refractivity contribution in [2.24, 2.45) is 5.92 Å². The van der Waals surface area contributed by atoms with Crippen molar-refractivity contribution in [2.75, 3.05) is 13.1 Å². The number of ether oxygens (including phenoxy) is 1. The molecule has 2 saturated carbocycles. The van der Waals surface area contributed by atoms with Gasteiger partial charge in [-0.2, -0.15) is 0 Å². The Morgan fingerprint density at radius 2 is 2.12 bits per heavy atom. The zero-order valence-corrected chi connectivity index (χ0v) is 14.2. The van der Waals surface area contributed by atoms with Gasteiger partial charge < -0.3 is 14.9 Å². The molecule has 2 N–H and O–H groups in total. The molecule has 5 aliphatic rings. The Balaban J connectivity index is 1.58. The van der Waals surface area contributed by atoms with Gasteiger partial charge in [-0.1, -0.05) is 6.07 Å². The summed E-state index contributed by atoms with van der Waals surface area (Å²) in [6.45, 7) is 1.95. The number of phenolic OH excluding ortho intramolecular Hbond substituents is 1. The number of hydrogen-bond donors (Lipinski definition) is 2. The molecule has 4 atom stereocenters. The summed E-state index contributed by atoms with van der Waals surface area (Å²) >= 11 is 0. The highest BCUT2D eigenvalue weighted by atomic mass is 16.5. The second-order valence-corrected chi connectivity index (χ2v) is 8.72. The molecule has 0 radical (unpaired) electrons. The van der Waals surface area contributed by atoms with Gasteiger partial charge in [-0.25, -0.2) is 0 Å². The fourth-order valence-corrected chi connectivity index (χ4v) is 6.26. The molecule has 6 rings (SSSR count). The number of carbonyl (C=O) groups excluding carboxylic acids is 1. The van der Waals surface area contributed by atoms with E-state index in [2.05, 4.69) is 4.90 Å². The summed E-state index contributed by atoms with van der Waals surface area (Å²) in [4.78, 5) is 15.2. The maximum absolute atomic E-state index is 12.7. The van der Waals surface area contributed by atoms with Gasteiger partial charge in [0.25, 0.3) is 0 Å². The van der Waals surface area contributed by atoms with Gasteiger partial charge in [0, 0.05) is 24.6 Å². The molecule has 2 heterocycles. The van der Waals surface area contributed by atoms with E-state index in [-0.39, 0.29) is 17.6 Å². The second-order valence-electron chi connectivity index (χ2n) is 8.72. The highest BCUT2D eigenvalue weighted by molar-refractivity contribution is 5.90. The largest absolute Gasteiger partial charge is 0.504 e. The van der Waals surface area contributed by atoms with Gasteiger partial charge in [0.05, 0.1) is 11.0 Å². The number of phenols is 1. The van der Waals surface area contributed by atoms with Crippen LogP contribution in [0.5, 0.6) is 11.5 Å². The number of aromatic hydroxyl groups is 1. The predicted octanol–water partition coefficient (Wildman–Crippen LogP) is 1.53. The Bertz CT molecular complexity index is 803. The predicted molar refractivity (Wildman–Crippen MR) is 89.8 cm³/mol. The first-order valence-corrected chi connectivity index (χ1v) is 9.56. The summed E-state index contributed by atoms with van der Waals surface area (Å²) in [5.41, 5.74) is 0.454. The summed E-state index contributed by atoms with van der Waals surface area (Å²) < 4.78 is 6.04. The Labute approximate surface area is 146 Å². The van der Waals surface area contributed by atoms with Crippen LogP contribution in [-0.2, 0) is 16.6 Å². The van der Waals surface area contributed by atoms with E-state index in [1.54, 1.807) is 6.07 Å². The highest BCUT2D eigenvalue weighted by Gasteiger charge is 2.73. The molecule has 1 aromatic rings. The molecule has 25 heavy (non-hydrogen) atoms. The number of carbonyl (C=O) groups is 1. The summed E-state index contributed by atoms with van der Waals surface area (Å²) in [6, 6.07) is 3.69. The molecular formula is C20H23NO4. The molecule has 0 amide bonds. The summed E-state index contributed by atoms with van der Waals surface area (Å²) in [6.07, 6.45) is 4.33. The first kappa shape index (κ1) is 14.6. The molecule has 5 heteroatoms. The minimum absolute atomic E-state index is 0.0454. The number of hydrogen-bond acceptors (Lipinski definition) is 5. The molecular weight excluding hydrogens is 318 g/mol. The van der Waals surface area contributed by atoms with Gasteiger partial charge in [-0.3, -0.25) is 9.69 Å². The van der Waals surface area contributed by atoms with Gasteiger partial charge in [0.15, 0.2) is 23.4 Å². The first-order chi connectivity index (χ1) is 12.0. The molecule has 3 fully saturated rings.